The molecule has 0 spiro atoms. The van der Waals surface area contributed by atoms with Gasteiger partial charge < -0.3 is 9.64 Å². The molecule has 10 nitrogen and oxygen atoms in total. The number of hydrogen-bond donors (Lipinski definition) is 0. The molecule has 1 aromatic carbocycles. The van der Waals surface area contributed by atoms with Crippen LogP contribution in [0.2, 0.25) is 0 Å². The van der Waals surface area contributed by atoms with Crippen molar-refractivity contribution in [1.82, 2.24) is 9.80 Å². The van der Waals surface area contributed by atoms with Crippen LogP contribution in [-0.4, -0.2) is 63.6 Å². The van der Waals surface area contributed by atoms with Crippen molar-refractivity contribution in [2.45, 2.75) is 51.6 Å². The molecule has 10 heteroatoms. The highest BCUT2D eigenvalue weighted by Gasteiger charge is 2.41. The molecule has 160 valence electrons. The van der Waals surface area contributed by atoms with Crippen molar-refractivity contribution in [2.75, 3.05) is 13.2 Å². The van der Waals surface area contributed by atoms with E-state index in [0.717, 1.165) is 30.2 Å². The number of benzene rings is 1. The molecule has 2 aliphatic rings. The average Bonchev–Trinajstić information content (AvgIpc) is 2.94. The summed E-state index contributed by atoms with van der Waals surface area (Å²) < 4.78 is 5.04. The van der Waals surface area contributed by atoms with Crippen molar-refractivity contribution in [1.29, 1.82) is 0 Å². The number of amides is 3. The number of likely N-dealkylation sites (tertiary alicyclic amines) is 1. The lowest BCUT2D eigenvalue weighted by Crippen LogP contribution is -2.49. The minimum absolute atomic E-state index is 0.0641. The van der Waals surface area contributed by atoms with E-state index in [0.29, 0.717) is 0 Å². The highest BCUT2D eigenvalue weighted by molar-refractivity contribution is 6.23. The summed E-state index contributed by atoms with van der Waals surface area (Å²) in [5, 5.41) is 11.1. The van der Waals surface area contributed by atoms with Crippen LogP contribution in [0, 0.1) is 10.1 Å². The van der Waals surface area contributed by atoms with Gasteiger partial charge in [-0.1, -0.05) is 6.07 Å². The lowest BCUT2D eigenvalue weighted by Gasteiger charge is -2.38. The second kappa shape index (κ2) is 8.60. The molecule has 0 aromatic heterocycles. The first kappa shape index (κ1) is 21.4. The Balaban J connectivity index is 1.56. The van der Waals surface area contributed by atoms with E-state index in [-0.39, 0.29) is 42.1 Å². The van der Waals surface area contributed by atoms with Gasteiger partial charge in [0.1, 0.15) is 5.56 Å². The summed E-state index contributed by atoms with van der Waals surface area (Å²) in [7, 11) is 0. The Kier molecular flexibility index (Phi) is 6.14. The monoisotopic (exact) mass is 417 g/mol. The highest BCUT2D eigenvalue weighted by Crippen LogP contribution is 2.30. The molecule has 0 N–H and O–H groups in total. The Hall–Kier alpha value is -3.30. The smallest absolute Gasteiger partial charge is 0.308 e. The number of carbonyl (C=O) groups excluding carboxylic acids is 4. The van der Waals surface area contributed by atoms with Gasteiger partial charge in [0, 0.05) is 24.7 Å². The summed E-state index contributed by atoms with van der Waals surface area (Å²) in [5.74, 6) is -2.52. The maximum Gasteiger partial charge on any atom is 0.308 e. The molecule has 2 unspecified atom stereocenters. The third-order valence-corrected chi connectivity index (χ3v) is 5.55. The van der Waals surface area contributed by atoms with E-state index in [1.807, 2.05) is 13.8 Å². The SMILES string of the molecule is CC1CCCC(C)N1C(=O)COC(=O)CCN1C(=O)c2cccc([N+](=O)[O-])c2C1=O. The molecule has 1 aromatic rings. The van der Waals surface area contributed by atoms with Crippen LogP contribution >= 0.6 is 0 Å². The summed E-state index contributed by atoms with van der Waals surface area (Å²) in [4.78, 5) is 62.3. The van der Waals surface area contributed by atoms with Crippen molar-refractivity contribution in [3.8, 4) is 0 Å². The van der Waals surface area contributed by atoms with Crippen molar-refractivity contribution in [3.63, 3.8) is 0 Å². The predicted molar refractivity (Wildman–Crippen MR) is 104 cm³/mol. The molecule has 1 fully saturated rings. The van der Waals surface area contributed by atoms with Gasteiger partial charge in [-0.2, -0.15) is 0 Å². The number of nitro groups is 1. The fourth-order valence-corrected chi connectivity index (χ4v) is 4.08. The number of nitrogens with zero attached hydrogens (tertiary/aromatic N) is 3. The molecular weight excluding hydrogens is 394 g/mol. The quantitative estimate of drug-likeness (QED) is 0.299. The van der Waals surface area contributed by atoms with Crippen LogP contribution in [0.3, 0.4) is 0 Å². The van der Waals surface area contributed by atoms with Gasteiger partial charge in [0.25, 0.3) is 23.4 Å². The number of hydrogen-bond acceptors (Lipinski definition) is 7. The van der Waals surface area contributed by atoms with Gasteiger partial charge >= 0.3 is 5.97 Å². The van der Waals surface area contributed by atoms with Gasteiger partial charge in [0.05, 0.1) is 16.9 Å². The van der Waals surface area contributed by atoms with E-state index < -0.39 is 35.0 Å². The number of ether oxygens (including phenoxy) is 1. The fourth-order valence-electron chi connectivity index (χ4n) is 4.08. The Bertz CT molecular complexity index is 904. The molecule has 0 radical (unpaired) electrons. The summed E-state index contributed by atoms with van der Waals surface area (Å²) >= 11 is 0. The zero-order valence-electron chi connectivity index (χ0n) is 16.8. The number of imide groups is 1. The first-order valence-corrected chi connectivity index (χ1v) is 9.82. The molecule has 0 bridgehead atoms. The van der Waals surface area contributed by atoms with E-state index in [1.165, 1.54) is 12.1 Å². The number of rotatable bonds is 6. The van der Waals surface area contributed by atoms with Gasteiger partial charge in [-0.3, -0.25) is 34.2 Å². The van der Waals surface area contributed by atoms with Gasteiger partial charge in [-0.05, 0) is 39.2 Å². The molecule has 2 atom stereocenters. The largest absolute Gasteiger partial charge is 0.456 e. The van der Waals surface area contributed by atoms with E-state index in [2.05, 4.69) is 0 Å². The number of fused-ring (bicyclic) bond motifs is 1. The normalized spacial score (nSPS) is 20.9. The Labute approximate surface area is 172 Å². The van der Waals surface area contributed by atoms with Gasteiger partial charge in [0.2, 0.25) is 0 Å². The molecule has 0 saturated carbocycles. The number of nitro benzene ring substituents is 1. The second-order valence-electron chi connectivity index (χ2n) is 7.56. The van der Waals surface area contributed by atoms with Crippen molar-refractivity contribution in [2.24, 2.45) is 0 Å². The number of carbonyl (C=O) groups is 4. The Morgan fingerprint density at radius 2 is 1.83 bits per heavy atom. The van der Waals surface area contributed by atoms with E-state index >= 15 is 0 Å². The van der Waals surface area contributed by atoms with E-state index in [4.69, 9.17) is 4.74 Å². The van der Waals surface area contributed by atoms with Crippen LogP contribution in [0.1, 0.15) is 60.2 Å². The molecule has 2 aliphatic heterocycles. The maximum atomic E-state index is 12.5. The molecular formula is C20H23N3O7. The first-order chi connectivity index (χ1) is 14.2. The molecule has 1 saturated heterocycles. The summed E-state index contributed by atoms with van der Waals surface area (Å²) in [6.45, 7) is 3.22. The lowest BCUT2D eigenvalue weighted by molar-refractivity contribution is -0.385. The lowest BCUT2D eigenvalue weighted by atomic mass is 9.97. The van der Waals surface area contributed by atoms with Crippen LogP contribution < -0.4 is 0 Å². The zero-order valence-corrected chi connectivity index (χ0v) is 16.8. The van der Waals surface area contributed by atoms with Crippen molar-refractivity contribution >= 4 is 29.4 Å². The van der Waals surface area contributed by atoms with Crippen molar-refractivity contribution < 1.29 is 28.8 Å². The van der Waals surface area contributed by atoms with E-state index in [1.54, 1.807) is 4.90 Å². The Morgan fingerprint density at radius 1 is 1.17 bits per heavy atom. The van der Waals surface area contributed by atoms with Crippen LogP contribution in [0.4, 0.5) is 5.69 Å². The van der Waals surface area contributed by atoms with E-state index in [9.17, 15) is 29.3 Å². The predicted octanol–water partition coefficient (Wildman–Crippen LogP) is 1.91. The number of piperidine rings is 1. The average molecular weight is 417 g/mol. The standard InChI is InChI=1S/C20H23N3O7/c1-12-5-3-6-13(2)22(12)16(24)11-30-17(25)9-10-21-19(26)14-7-4-8-15(23(28)29)18(14)20(21)27/h4,7-8,12-13H,3,5-6,9-11H2,1-2H3. The van der Waals surface area contributed by atoms with Crippen LogP contribution in [0.15, 0.2) is 18.2 Å². The zero-order chi connectivity index (χ0) is 22.0. The van der Waals surface area contributed by atoms with Gasteiger partial charge in [-0.15, -0.1) is 0 Å². The third kappa shape index (κ3) is 4.03. The molecule has 30 heavy (non-hydrogen) atoms. The summed E-state index contributed by atoms with van der Waals surface area (Å²) in [6, 6.07) is 3.97. The topological polar surface area (TPSA) is 127 Å². The first-order valence-electron chi connectivity index (χ1n) is 9.82. The Morgan fingerprint density at radius 3 is 2.47 bits per heavy atom. The van der Waals surface area contributed by atoms with Crippen molar-refractivity contribution in [3.05, 3.63) is 39.4 Å². The molecule has 3 rings (SSSR count). The number of esters is 1. The van der Waals surface area contributed by atoms with Gasteiger partial charge in [0.15, 0.2) is 6.61 Å². The maximum absolute atomic E-state index is 12.5. The summed E-state index contributed by atoms with van der Waals surface area (Å²) in [6.07, 6.45) is 2.54. The van der Waals surface area contributed by atoms with Crippen LogP contribution in [0.25, 0.3) is 0 Å². The van der Waals surface area contributed by atoms with Gasteiger partial charge in [-0.25, -0.2) is 0 Å². The molecule has 0 aliphatic carbocycles. The molecule has 3 amide bonds. The van der Waals surface area contributed by atoms with Crippen LogP contribution in [0.5, 0.6) is 0 Å². The highest BCUT2D eigenvalue weighted by atomic mass is 16.6. The fraction of sp³-hybridized carbons (Fsp3) is 0.500. The van der Waals surface area contributed by atoms with Crippen LogP contribution in [-0.2, 0) is 14.3 Å². The minimum atomic E-state index is -0.817. The summed E-state index contributed by atoms with van der Waals surface area (Å²) in [5.41, 5.74) is -0.791. The molecule has 2 heterocycles. The second-order valence-corrected chi connectivity index (χ2v) is 7.56. The minimum Gasteiger partial charge on any atom is -0.456 e. The third-order valence-electron chi connectivity index (χ3n) is 5.55.